The van der Waals surface area contributed by atoms with Crippen LogP contribution in [-0.4, -0.2) is 33.7 Å². The molecule has 2 aromatic rings. The van der Waals surface area contributed by atoms with Gasteiger partial charge >= 0.3 is 0 Å². The molecular weight excluding hydrogens is 293 g/mol. The van der Waals surface area contributed by atoms with Crippen molar-refractivity contribution in [1.29, 1.82) is 0 Å². The van der Waals surface area contributed by atoms with Crippen LogP contribution >= 0.6 is 0 Å². The summed E-state index contributed by atoms with van der Waals surface area (Å²) in [6.07, 6.45) is 3.59. The lowest BCUT2D eigenvalue weighted by Gasteiger charge is -2.15. The Hall–Kier alpha value is -2.17. The lowest BCUT2D eigenvalue weighted by molar-refractivity contribution is 0.0780. The molecule has 1 amide bonds. The first-order valence-electron chi connectivity index (χ1n) is 8.14. The molecule has 1 aliphatic rings. The van der Waals surface area contributed by atoms with E-state index in [-0.39, 0.29) is 11.7 Å². The minimum absolute atomic E-state index is 0.00483. The maximum absolute atomic E-state index is 13.6. The van der Waals surface area contributed by atoms with Crippen LogP contribution in [0.25, 0.3) is 0 Å². The quantitative estimate of drug-likeness (QED) is 0.870. The van der Waals surface area contributed by atoms with E-state index >= 15 is 0 Å². The van der Waals surface area contributed by atoms with Crippen molar-refractivity contribution in [2.24, 2.45) is 5.92 Å². The van der Waals surface area contributed by atoms with Crippen LogP contribution in [0, 0.1) is 18.7 Å². The largest absolute Gasteiger partial charge is 0.337 e. The molecule has 3 rings (SSSR count). The maximum Gasteiger partial charge on any atom is 0.274 e. The van der Waals surface area contributed by atoms with Gasteiger partial charge in [0.25, 0.3) is 5.91 Å². The summed E-state index contributed by atoms with van der Waals surface area (Å²) in [6.45, 7) is 5.98. The highest BCUT2D eigenvalue weighted by Gasteiger charge is 2.28. The maximum atomic E-state index is 13.6. The van der Waals surface area contributed by atoms with Gasteiger partial charge in [-0.25, -0.2) is 4.39 Å². The van der Waals surface area contributed by atoms with Gasteiger partial charge in [0.05, 0.1) is 0 Å². The summed E-state index contributed by atoms with van der Waals surface area (Å²) >= 11 is 0. The number of halogens is 1. The molecule has 122 valence electrons. The lowest BCUT2D eigenvalue weighted by Crippen LogP contribution is -2.29. The fraction of sp³-hybridized carbons (Fsp3) is 0.444. The van der Waals surface area contributed by atoms with Crippen molar-refractivity contribution in [3.8, 4) is 0 Å². The highest BCUT2D eigenvalue weighted by Crippen LogP contribution is 2.23. The van der Waals surface area contributed by atoms with E-state index in [9.17, 15) is 9.18 Å². The third-order valence-corrected chi connectivity index (χ3v) is 4.52. The van der Waals surface area contributed by atoms with Crippen molar-refractivity contribution in [2.45, 2.75) is 33.2 Å². The molecule has 1 aliphatic heterocycles. The van der Waals surface area contributed by atoms with E-state index in [1.54, 1.807) is 23.7 Å². The Morgan fingerprint density at radius 3 is 2.91 bits per heavy atom. The van der Waals surface area contributed by atoms with Gasteiger partial charge in [-0.3, -0.25) is 9.48 Å². The average molecular weight is 315 g/mol. The van der Waals surface area contributed by atoms with Crippen molar-refractivity contribution in [2.75, 3.05) is 13.1 Å². The Morgan fingerprint density at radius 1 is 1.39 bits per heavy atom. The molecule has 0 spiro atoms. The van der Waals surface area contributed by atoms with Crippen LogP contribution in [-0.2, 0) is 13.0 Å². The number of amides is 1. The van der Waals surface area contributed by atoms with Gasteiger partial charge in [0.1, 0.15) is 11.5 Å². The Bertz CT molecular complexity index is 710. The summed E-state index contributed by atoms with van der Waals surface area (Å²) in [6, 6.07) is 7.18. The van der Waals surface area contributed by atoms with Crippen molar-refractivity contribution in [3.05, 3.63) is 53.1 Å². The molecule has 0 radical (unpaired) electrons. The monoisotopic (exact) mass is 315 g/mol. The zero-order chi connectivity index (χ0) is 16.4. The minimum Gasteiger partial charge on any atom is -0.337 e. The highest BCUT2D eigenvalue weighted by atomic mass is 19.1. The summed E-state index contributed by atoms with van der Waals surface area (Å²) in [5.74, 6) is 0.225. The molecular formula is C18H22FN3O. The van der Waals surface area contributed by atoms with E-state index in [1.165, 1.54) is 0 Å². The first kappa shape index (κ1) is 15.7. The fourth-order valence-corrected chi connectivity index (χ4v) is 3.09. The molecule has 1 unspecified atom stereocenters. The van der Waals surface area contributed by atoms with Crippen LogP contribution in [0.3, 0.4) is 0 Å². The lowest BCUT2D eigenvalue weighted by atomic mass is 9.98. The zero-order valence-electron chi connectivity index (χ0n) is 13.6. The summed E-state index contributed by atoms with van der Waals surface area (Å²) in [5, 5.41) is 4.28. The van der Waals surface area contributed by atoms with Crippen molar-refractivity contribution in [1.82, 2.24) is 14.7 Å². The Kier molecular flexibility index (Phi) is 4.46. The molecule has 1 aromatic carbocycles. The Labute approximate surface area is 135 Å². The van der Waals surface area contributed by atoms with E-state index < -0.39 is 0 Å². The molecule has 0 N–H and O–H groups in total. The molecule has 0 saturated carbocycles. The van der Waals surface area contributed by atoms with Crippen LogP contribution in [0.15, 0.2) is 30.5 Å². The number of rotatable bonds is 4. The summed E-state index contributed by atoms with van der Waals surface area (Å²) < 4.78 is 15.4. The second kappa shape index (κ2) is 6.52. The van der Waals surface area contributed by atoms with Crippen molar-refractivity contribution in [3.63, 3.8) is 0 Å². The van der Waals surface area contributed by atoms with Gasteiger partial charge in [-0.05, 0) is 55.9 Å². The number of aryl methyl sites for hydroxylation is 2. The molecule has 1 atom stereocenters. The summed E-state index contributed by atoms with van der Waals surface area (Å²) in [5.41, 5.74) is 2.18. The molecule has 5 heteroatoms. The smallest absolute Gasteiger partial charge is 0.274 e. The first-order chi connectivity index (χ1) is 11.1. The fourth-order valence-electron chi connectivity index (χ4n) is 3.09. The minimum atomic E-state index is -0.154. The molecule has 0 bridgehead atoms. The van der Waals surface area contributed by atoms with Gasteiger partial charge in [0.15, 0.2) is 0 Å². The molecule has 23 heavy (non-hydrogen) atoms. The number of carbonyl (C=O) groups excluding carboxylic acids is 1. The van der Waals surface area contributed by atoms with Crippen LogP contribution in [0.1, 0.15) is 35.0 Å². The second-order valence-corrected chi connectivity index (χ2v) is 6.25. The summed E-state index contributed by atoms with van der Waals surface area (Å²) in [4.78, 5) is 14.3. The van der Waals surface area contributed by atoms with Crippen molar-refractivity contribution >= 4 is 5.91 Å². The van der Waals surface area contributed by atoms with Gasteiger partial charge in [-0.15, -0.1) is 0 Å². The zero-order valence-corrected chi connectivity index (χ0v) is 13.6. The third kappa shape index (κ3) is 3.44. The van der Waals surface area contributed by atoms with E-state index in [0.717, 1.165) is 31.5 Å². The van der Waals surface area contributed by atoms with Gasteiger partial charge in [-0.1, -0.05) is 12.1 Å². The van der Waals surface area contributed by atoms with Gasteiger partial charge < -0.3 is 4.90 Å². The number of aromatic nitrogens is 2. The van der Waals surface area contributed by atoms with Gasteiger partial charge in [0.2, 0.25) is 0 Å². The average Bonchev–Trinajstić information content (AvgIpc) is 3.19. The number of likely N-dealkylation sites (tertiary alicyclic amines) is 1. The molecule has 1 aromatic heterocycles. The van der Waals surface area contributed by atoms with Crippen LogP contribution in [0.4, 0.5) is 4.39 Å². The number of nitrogens with zero attached hydrogens (tertiary/aromatic N) is 3. The Morgan fingerprint density at radius 2 is 2.22 bits per heavy atom. The number of carbonyl (C=O) groups is 1. The van der Waals surface area contributed by atoms with Crippen LogP contribution < -0.4 is 0 Å². The number of hydrogen-bond acceptors (Lipinski definition) is 2. The third-order valence-electron chi connectivity index (χ3n) is 4.52. The Balaban J connectivity index is 1.61. The normalized spacial score (nSPS) is 17.7. The first-order valence-corrected chi connectivity index (χ1v) is 8.14. The predicted octanol–water partition coefficient (Wildman–Crippen LogP) is 3.06. The number of hydrogen-bond donors (Lipinski definition) is 0. The number of benzene rings is 1. The van der Waals surface area contributed by atoms with Crippen molar-refractivity contribution < 1.29 is 9.18 Å². The standard InChI is InChI=1S/C18H22FN3O/c1-3-22-9-7-17(20-22)18(23)21-8-6-15(12-21)10-14-5-4-13(2)16(19)11-14/h4-5,7,9,11,15H,3,6,8,10,12H2,1-2H3. The van der Waals surface area contributed by atoms with Crippen LogP contribution in [0.2, 0.25) is 0 Å². The molecule has 1 fully saturated rings. The molecule has 2 heterocycles. The van der Waals surface area contributed by atoms with E-state index in [1.807, 2.05) is 30.2 Å². The molecule has 1 saturated heterocycles. The second-order valence-electron chi connectivity index (χ2n) is 6.25. The van der Waals surface area contributed by atoms with E-state index in [0.29, 0.717) is 23.7 Å². The predicted molar refractivity (Wildman–Crippen MR) is 86.8 cm³/mol. The van der Waals surface area contributed by atoms with E-state index in [2.05, 4.69) is 5.10 Å². The van der Waals surface area contributed by atoms with Crippen LogP contribution in [0.5, 0.6) is 0 Å². The summed E-state index contributed by atoms with van der Waals surface area (Å²) in [7, 11) is 0. The molecule has 0 aliphatic carbocycles. The topological polar surface area (TPSA) is 38.1 Å². The van der Waals surface area contributed by atoms with E-state index in [4.69, 9.17) is 0 Å². The SMILES string of the molecule is CCn1ccc(C(=O)N2CCC(Cc3ccc(C)c(F)c3)C2)n1. The van der Waals surface area contributed by atoms with Gasteiger partial charge in [0, 0.05) is 25.8 Å². The highest BCUT2D eigenvalue weighted by molar-refractivity contribution is 5.92. The molecule has 4 nitrogen and oxygen atoms in total. The van der Waals surface area contributed by atoms with Gasteiger partial charge in [-0.2, -0.15) is 5.10 Å².